The fourth-order valence-corrected chi connectivity index (χ4v) is 3.66. The van der Waals surface area contributed by atoms with Crippen molar-refractivity contribution in [2.24, 2.45) is 4.99 Å². The topological polar surface area (TPSA) is 80.9 Å². The lowest BCUT2D eigenvalue weighted by Gasteiger charge is -2.08. The second kappa shape index (κ2) is 8.06. The van der Waals surface area contributed by atoms with E-state index in [0.29, 0.717) is 17.4 Å². The number of ether oxygens (including phenoxy) is 1. The number of aromatic nitrogens is 1. The van der Waals surface area contributed by atoms with E-state index in [1.807, 2.05) is 0 Å². The summed E-state index contributed by atoms with van der Waals surface area (Å²) in [7, 11) is 0. The van der Waals surface area contributed by atoms with Gasteiger partial charge >= 0.3 is 18.5 Å². The van der Waals surface area contributed by atoms with Gasteiger partial charge in [0.2, 0.25) is 0 Å². The number of aliphatic carboxylic acids is 1. The average Bonchev–Trinajstić information content (AvgIpc) is 2.95. The van der Waals surface area contributed by atoms with Crippen molar-refractivity contribution >= 4 is 33.4 Å². The van der Waals surface area contributed by atoms with Crippen LogP contribution in [-0.2, 0) is 17.5 Å². The molecular weight excluding hydrogens is 454 g/mol. The van der Waals surface area contributed by atoms with Crippen molar-refractivity contribution in [2.45, 2.75) is 19.1 Å². The molecule has 1 heterocycles. The molecule has 1 amide bonds. The van der Waals surface area contributed by atoms with Gasteiger partial charge in [-0.25, -0.2) is 0 Å². The SMILES string of the molecule is O=C(O)Cn1c(=NC(=O)c2cccc(C(F)(F)F)c2)sc2cc(OC(F)(F)F)ccc21. The fraction of sp³-hybridized carbons (Fsp3) is 0.167. The van der Waals surface area contributed by atoms with Crippen molar-refractivity contribution in [1.82, 2.24) is 4.57 Å². The molecule has 3 aromatic rings. The summed E-state index contributed by atoms with van der Waals surface area (Å²) in [4.78, 5) is 27.1. The molecule has 0 aliphatic heterocycles. The minimum atomic E-state index is -4.95. The molecule has 0 aliphatic carbocycles. The number of carbonyl (C=O) groups is 2. The number of nitrogens with zero attached hydrogens (tertiary/aromatic N) is 2. The predicted octanol–water partition coefficient (Wildman–Crippen LogP) is 4.45. The lowest BCUT2D eigenvalue weighted by Crippen LogP contribution is -2.21. The van der Waals surface area contributed by atoms with Crippen LogP contribution in [0.15, 0.2) is 47.5 Å². The molecule has 1 aromatic heterocycles. The molecule has 0 fully saturated rings. The highest BCUT2D eigenvalue weighted by molar-refractivity contribution is 7.16. The van der Waals surface area contributed by atoms with Crippen molar-refractivity contribution in [3.05, 3.63) is 58.4 Å². The third kappa shape index (κ3) is 5.42. The third-order valence-corrected chi connectivity index (χ3v) is 4.86. The van der Waals surface area contributed by atoms with Gasteiger partial charge < -0.3 is 14.4 Å². The molecule has 0 aliphatic rings. The van der Waals surface area contributed by atoms with Crippen LogP contribution >= 0.6 is 11.3 Å². The number of rotatable bonds is 4. The van der Waals surface area contributed by atoms with Crippen LogP contribution in [-0.4, -0.2) is 27.9 Å². The first-order valence-corrected chi connectivity index (χ1v) is 9.02. The maximum atomic E-state index is 12.9. The number of carboxylic acids is 1. The lowest BCUT2D eigenvalue weighted by atomic mass is 10.1. The van der Waals surface area contributed by atoms with Crippen molar-refractivity contribution in [3.8, 4) is 5.75 Å². The molecule has 164 valence electrons. The molecule has 0 bridgehead atoms. The number of carboxylic acid groups (broad SMARTS) is 1. The van der Waals surface area contributed by atoms with Crippen LogP contribution in [0.3, 0.4) is 0 Å². The first kappa shape index (κ1) is 22.3. The Morgan fingerprint density at radius 1 is 1.06 bits per heavy atom. The van der Waals surface area contributed by atoms with E-state index in [1.165, 1.54) is 0 Å². The number of thiazole rings is 1. The summed E-state index contributed by atoms with van der Waals surface area (Å²) >= 11 is 0.681. The Labute approximate surface area is 172 Å². The number of benzene rings is 2. The van der Waals surface area contributed by atoms with Crippen LogP contribution in [0.1, 0.15) is 15.9 Å². The number of hydrogen-bond donors (Lipinski definition) is 1. The van der Waals surface area contributed by atoms with Crippen molar-refractivity contribution < 1.29 is 45.8 Å². The molecular formula is C18H10F6N2O4S. The van der Waals surface area contributed by atoms with Gasteiger partial charge in [-0.05, 0) is 36.4 Å². The fourth-order valence-electron chi connectivity index (χ4n) is 2.60. The highest BCUT2D eigenvalue weighted by Crippen LogP contribution is 2.30. The molecule has 0 unspecified atom stereocenters. The van der Waals surface area contributed by atoms with Crippen molar-refractivity contribution in [2.75, 3.05) is 0 Å². The van der Waals surface area contributed by atoms with Crippen molar-refractivity contribution in [3.63, 3.8) is 0 Å². The number of alkyl halides is 6. The minimum Gasteiger partial charge on any atom is -0.480 e. The maximum Gasteiger partial charge on any atom is 0.573 e. The monoisotopic (exact) mass is 464 g/mol. The zero-order valence-corrected chi connectivity index (χ0v) is 15.8. The van der Waals surface area contributed by atoms with E-state index in [-0.39, 0.29) is 15.0 Å². The van der Waals surface area contributed by atoms with Crippen LogP contribution in [0.2, 0.25) is 0 Å². The first-order chi connectivity index (χ1) is 14.3. The highest BCUT2D eigenvalue weighted by Gasteiger charge is 2.32. The zero-order valence-electron chi connectivity index (χ0n) is 15.0. The normalized spacial score (nSPS) is 12.9. The summed E-state index contributed by atoms with van der Waals surface area (Å²) in [6, 6.07) is 6.58. The van der Waals surface area contributed by atoms with E-state index in [9.17, 15) is 35.9 Å². The van der Waals surface area contributed by atoms with Crippen LogP contribution in [0.5, 0.6) is 5.75 Å². The van der Waals surface area contributed by atoms with Crippen molar-refractivity contribution in [1.29, 1.82) is 0 Å². The van der Waals surface area contributed by atoms with Gasteiger partial charge in [0.15, 0.2) is 4.80 Å². The Morgan fingerprint density at radius 3 is 2.39 bits per heavy atom. The highest BCUT2D eigenvalue weighted by atomic mass is 32.1. The smallest absolute Gasteiger partial charge is 0.480 e. The summed E-state index contributed by atoms with van der Waals surface area (Å²) in [6.07, 6.45) is -9.64. The Kier molecular flexibility index (Phi) is 5.81. The Balaban J connectivity index is 2.10. The van der Waals surface area contributed by atoms with Gasteiger partial charge in [0.25, 0.3) is 5.91 Å². The molecule has 0 spiro atoms. The number of halogens is 6. The van der Waals surface area contributed by atoms with Gasteiger partial charge in [-0.15, -0.1) is 13.2 Å². The molecule has 0 saturated heterocycles. The molecule has 0 atom stereocenters. The number of amides is 1. The van der Waals surface area contributed by atoms with E-state index in [2.05, 4.69) is 9.73 Å². The Morgan fingerprint density at radius 2 is 1.77 bits per heavy atom. The quantitative estimate of drug-likeness (QED) is 0.579. The van der Waals surface area contributed by atoms with Gasteiger partial charge in [0.1, 0.15) is 12.3 Å². The standard InChI is InChI=1S/C18H10F6N2O4S/c19-17(20,21)10-3-1-2-9(6-10)15(29)25-16-26(8-14(27)28)12-5-4-11(7-13(12)31-16)30-18(22,23)24/h1-7H,8H2,(H,27,28). The first-order valence-electron chi connectivity index (χ1n) is 8.21. The van der Waals surface area contributed by atoms with Crippen LogP contribution in [0.4, 0.5) is 26.3 Å². The molecule has 1 N–H and O–H groups in total. The summed E-state index contributed by atoms with van der Waals surface area (Å²) in [5.74, 6) is -2.98. The Bertz CT molecular complexity index is 1230. The van der Waals surface area contributed by atoms with Gasteiger partial charge in [0, 0.05) is 5.56 Å². The van der Waals surface area contributed by atoms with E-state index >= 15 is 0 Å². The van der Waals surface area contributed by atoms with Crippen LogP contribution in [0.25, 0.3) is 10.2 Å². The van der Waals surface area contributed by atoms with E-state index in [4.69, 9.17) is 5.11 Å². The zero-order chi connectivity index (χ0) is 23.0. The largest absolute Gasteiger partial charge is 0.573 e. The van der Waals surface area contributed by atoms with Gasteiger partial charge in [0.05, 0.1) is 15.8 Å². The predicted molar refractivity (Wildman–Crippen MR) is 95.5 cm³/mol. The molecule has 13 heteroatoms. The minimum absolute atomic E-state index is 0.124. The molecule has 3 rings (SSSR count). The second-order valence-corrected chi connectivity index (χ2v) is 7.05. The molecule has 6 nitrogen and oxygen atoms in total. The van der Waals surface area contributed by atoms with E-state index < -0.39 is 47.8 Å². The molecule has 31 heavy (non-hydrogen) atoms. The number of carbonyl (C=O) groups excluding carboxylic acids is 1. The maximum absolute atomic E-state index is 12.9. The average molecular weight is 464 g/mol. The summed E-state index contributed by atoms with van der Waals surface area (Å²) in [5.41, 5.74) is -1.31. The van der Waals surface area contributed by atoms with E-state index in [0.717, 1.165) is 41.0 Å². The molecule has 0 saturated carbocycles. The van der Waals surface area contributed by atoms with Gasteiger partial charge in [-0.1, -0.05) is 17.4 Å². The second-order valence-electron chi connectivity index (χ2n) is 6.04. The summed E-state index contributed by atoms with van der Waals surface area (Å²) in [5, 5.41) is 9.11. The van der Waals surface area contributed by atoms with E-state index in [1.54, 1.807) is 0 Å². The third-order valence-electron chi connectivity index (χ3n) is 3.82. The van der Waals surface area contributed by atoms with Crippen LogP contribution in [0, 0.1) is 0 Å². The molecule has 0 radical (unpaired) electrons. The molecule has 2 aromatic carbocycles. The Hall–Kier alpha value is -3.35. The van der Waals surface area contributed by atoms with Gasteiger partial charge in [-0.3, -0.25) is 9.59 Å². The number of fused-ring (bicyclic) bond motifs is 1. The lowest BCUT2D eigenvalue weighted by molar-refractivity contribution is -0.274. The number of hydrogen-bond acceptors (Lipinski definition) is 4. The summed E-state index contributed by atoms with van der Waals surface area (Å²) < 4.78 is 80.8. The van der Waals surface area contributed by atoms with Gasteiger partial charge in [-0.2, -0.15) is 18.2 Å². The van der Waals surface area contributed by atoms with Crippen LogP contribution < -0.4 is 9.54 Å². The summed E-state index contributed by atoms with van der Waals surface area (Å²) in [6.45, 7) is -0.686.